The fourth-order valence-corrected chi connectivity index (χ4v) is 4.08. The van der Waals surface area contributed by atoms with E-state index in [9.17, 15) is 15.0 Å². The summed E-state index contributed by atoms with van der Waals surface area (Å²) in [5.41, 5.74) is 0.397. The van der Waals surface area contributed by atoms with Crippen LogP contribution in [0.15, 0.2) is 23.1 Å². The maximum absolute atomic E-state index is 12.6. The molecular weight excluding hydrogens is 360 g/mol. The lowest BCUT2D eigenvalue weighted by atomic mass is 10.1. The largest absolute Gasteiger partial charge is 0.504 e. The molecule has 2 aliphatic heterocycles. The van der Waals surface area contributed by atoms with Crippen molar-refractivity contribution in [2.75, 3.05) is 39.4 Å². The van der Waals surface area contributed by atoms with Crippen LogP contribution < -0.4 is 0 Å². The fourth-order valence-electron chi connectivity index (χ4n) is 2.78. The van der Waals surface area contributed by atoms with Gasteiger partial charge in [-0.05, 0) is 18.6 Å². The molecule has 1 amide bonds. The van der Waals surface area contributed by atoms with E-state index >= 15 is 0 Å². The molecule has 0 unspecified atom stereocenters. The predicted molar refractivity (Wildman–Crippen MR) is 102 cm³/mol. The van der Waals surface area contributed by atoms with Crippen molar-refractivity contribution >= 4 is 40.3 Å². The highest BCUT2D eigenvalue weighted by Gasteiger charge is 2.31. The van der Waals surface area contributed by atoms with Crippen molar-refractivity contribution < 1.29 is 19.7 Å². The van der Waals surface area contributed by atoms with Gasteiger partial charge in [0.25, 0.3) is 5.91 Å². The molecule has 0 bridgehead atoms. The third-order valence-corrected chi connectivity index (χ3v) is 5.54. The van der Waals surface area contributed by atoms with E-state index in [-0.39, 0.29) is 17.4 Å². The van der Waals surface area contributed by atoms with Crippen molar-refractivity contribution in [2.45, 2.75) is 6.42 Å². The number of ether oxygens (including phenoxy) is 1. The van der Waals surface area contributed by atoms with Crippen molar-refractivity contribution in [1.82, 2.24) is 9.80 Å². The average molecular weight is 380 g/mol. The van der Waals surface area contributed by atoms with Gasteiger partial charge < -0.3 is 14.9 Å². The van der Waals surface area contributed by atoms with E-state index in [2.05, 4.69) is 4.90 Å². The van der Waals surface area contributed by atoms with Gasteiger partial charge in [0, 0.05) is 31.7 Å². The van der Waals surface area contributed by atoms with Crippen LogP contribution in [0.1, 0.15) is 12.0 Å². The lowest BCUT2D eigenvalue weighted by molar-refractivity contribution is -0.122. The molecule has 0 spiro atoms. The average Bonchev–Trinajstić information content (AvgIpc) is 2.87. The summed E-state index contributed by atoms with van der Waals surface area (Å²) in [6.45, 7) is 4.86. The Kier molecular flexibility index (Phi) is 5.95. The Morgan fingerprint density at radius 3 is 2.76 bits per heavy atom. The maximum atomic E-state index is 12.6. The molecule has 25 heavy (non-hydrogen) atoms. The van der Waals surface area contributed by atoms with Gasteiger partial charge in [0.1, 0.15) is 4.32 Å². The second kappa shape index (κ2) is 8.18. The van der Waals surface area contributed by atoms with Gasteiger partial charge >= 0.3 is 0 Å². The first kappa shape index (κ1) is 18.2. The summed E-state index contributed by atoms with van der Waals surface area (Å²) in [6, 6.07) is 4.65. The van der Waals surface area contributed by atoms with Crippen molar-refractivity contribution in [3.63, 3.8) is 0 Å². The standard InChI is InChI=1S/C17H20N2O4S2/c20-13-4-1-3-12(15(13)21)11-14-16(22)19(17(24)25-14)6-2-5-18-7-9-23-10-8-18/h1,3-4,11,20-21H,2,5-10H2/b14-11-. The number of thiocarbonyl (C=S) groups is 1. The number of thioether (sulfide) groups is 1. The number of para-hydroxylation sites is 1. The number of hydrogen-bond acceptors (Lipinski definition) is 7. The number of amides is 1. The van der Waals surface area contributed by atoms with Gasteiger partial charge in [0.05, 0.1) is 18.1 Å². The number of benzene rings is 1. The molecule has 2 aliphatic rings. The van der Waals surface area contributed by atoms with E-state index in [4.69, 9.17) is 17.0 Å². The third kappa shape index (κ3) is 4.33. The summed E-state index contributed by atoms with van der Waals surface area (Å²) < 4.78 is 5.85. The number of morpholine rings is 1. The van der Waals surface area contributed by atoms with Crippen LogP contribution in [-0.2, 0) is 9.53 Å². The second-order valence-corrected chi connectivity index (χ2v) is 7.53. The van der Waals surface area contributed by atoms with E-state index < -0.39 is 0 Å². The van der Waals surface area contributed by atoms with Gasteiger partial charge in [-0.15, -0.1) is 0 Å². The van der Waals surface area contributed by atoms with Crippen LogP contribution in [0.4, 0.5) is 0 Å². The van der Waals surface area contributed by atoms with Crippen LogP contribution in [-0.4, -0.2) is 69.6 Å². The first-order valence-corrected chi connectivity index (χ1v) is 9.35. The van der Waals surface area contributed by atoms with Crippen molar-refractivity contribution in [3.8, 4) is 11.5 Å². The lowest BCUT2D eigenvalue weighted by Crippen LogP contribution is -2.38. The summed E-state index contributed by atoms with van der Waals surface area (Å²) in [7, 11) is 0. The molecule has 0 aliphatic carbocycles. The molecule has 2 N–H and O–H groups in total. The zero-order chi connectivity index (χ0) is 17.8. The lowest BCUT2D eigenvalue weighted by Gasteiger charge is -2.27. The van der Waals surface area contributed by atoms with Gasteiger partial charge in [0.2, 0.25) is 0 Å². The van der Waals surface area contributed by atoms with Crippen LogP contribution >= 0.6 is 24.0 Å². The predicted octanol–water partition coefficient (Wildman–Crippen LogP) is 2.02. The number of hydrogen-bond donors (Lipinski definition) is 2. The summed E-state index contributed by atoms with van der Waals surface area (Å²) in [5.74, 6) is -0.602. The smallest absolute Gasteiger partial charge is 0.266 e. The van der Waals surface area contributed by atoms with Crippen LogP contribution in [0.25, 0.3) is 6.08 Å². The summed E-state index contributed by atoms with van der Waals surface area (Å²) in [6.07, 6.45) is 2.41. The SMILES string of the molecule is O=C1/C(=C/c2cccc(O)c2O)SC(=S)N1CCCN1CCOCC1. The number of carbonyl (C=O) groups is 1. The molecule has 2 heterocycles. The number of carbonyl (C=O) groups excluding carboxylic acids is 1. The molecule has 0 saturated carbocycles. The number of phenols is 2. The molecular formula is C17H20N2O4S2. The van der Waals surface area contributed by atoms with E-state index in [1.54, 1.807) is 23.1 Å². The Morgan fingerprint density at radius 1 is 1.24 bits per heavy atom. The number of phenolic OH excluding ortho intramolecular Hbond substituents is 2. The van der Waals surface area contributed by atoms with Crippen LogP contribution in [0, 0.1) is 0 Å². The molecule has 1 aromatic rings. The molecule has 2 fully saturated rings. The number of aromatic hydroxyl groups is 2. The molecule has 134 valence electrons. The van der Waals surface area contributed by atoms with E-state index in [0.29, 0.717) is 21.3 Å². The number of rotatable bonds is 5. The van der Waals surface area contributed by atoms with E-state index in [0.717, 1.165) is 39.3 Å². The van der Waals surface area contributed by atoms with Crippen LogP contribution in [0.5, 0.6) is 11.5 Å². The molecule has 6 nitrogen and oxygen atoms in total. The monoisotopic (exact) mass is 380 g/mol. The molecule has 0 atom stereocenters. The Balaban J connectivity index is 1.61. The highest BCUT2D eigenvalue weighted by Crippen LogP contribution is 2.36. The summed E-state index contributed by atoms with van der Waals surface area (Å²) >= 11 is 6.54. The first-order chi connectivity index (χ1) is 12.1. The van der Waals surface area contributed by atoms with Gasteiger partial charge in [-0.2, -0.15) is 0 Å². The van der Waals surface area contributed by atoms with Crippen molar-refractivity contribution in [1.29, 1.82) is 0 Å². The van der Waals surface area contributed by atoms with Crippen LogP contribution in [0.2, 0.25) is 0 Å². The Hall–Kier alpha value is -1.61. The van der Waals surface area contributed by atoms with Gasteiger partial charge in [-0.1, -0.05) is 36.1 Å². The third-order valence-electron chi connectivity index (χ3n) is 4.17. The summed E-state index contributed by atoms with van der Waals surface area (Å²) in [4.78, 5) is 17.0. The maximum Gasteiger partial charge on any atom is 0.266 e. The topological polar surface area (TPSA) is 73.2 Å². The molecule has 3 rings (SSSR count). The normalized spacial score (nSPS) is 20.6. The minimum atomic E-state index is -0.236. The van der Waals surface area contributed by atoms with E-state index in [1.165, 1.54) is 17.8 Å². The minimum absolute atomic E-state index is 0.153. The van der Waals surface area contributed by atoms with Crippen molar-refractivity contribution in [3.05, 3.63) is 28.7 Å². The van der Waals surface area contributed by atoms with Gasteiger partial charge in [-0.25, -0.2) is 0 Å². The van der Waals surface area contributed by atoms with Crippen LogP contribution in [0.3, 0.4) is 0 Å². The van der Waals surface area contributed by atoms with Crippen molar-refractivity contribution in [2.24, 2.45) is 0 Å². The summed E-state index contributed by atoms with van der Waals surface area (Å²) in [5, 5.41) is 19.4. The molecule has 0 aromatic heterocycles. The Labute approximate surface area is 156 Å². The molecule has 0 radical (unpaired) electrons. The van der Waals surface area contributed by atoms with Gasteiger partial charge in [-0.3, -0.25) is 14.6 Å². The minimum Gasteiger partial charge on any atom is -0.504 e. The zero-order valence-corrected chi connectivity index (χ0v) is 15.3. The fraction of sp³-hybridized carbons (Fsp3) is 0.412. The quantitative estimate of drug-likeness (QED) is 0.460. The number of nitrogens with zero attached hydrogens (tertiary/aromatic N) is 2. The molecule has 2 saturated heterocycles. The first-order valence-electron chi connectivity index (χ1n) is 8.12. The Morgan fingerprint density at radius 2 is 2.00 bits per heavy atom. The highest BCUT2D eigenvalue weighted by atomic mass is 32.2. The highest BCUT2D eigenvalue weighted by molar-refractivity contribution is 8.26. The molecule has 8 heteroatoms. The zero-order valence-electron chi connectivity index (χ0n) is 13.7. The Bertz CT molecular complexity index is 702. The second-order valence-electron chi connectivity index (χ2n) is 5.86. The van der Waals surface area contributed by atoms with E-state index in [1.807, 2.05) is 0 Å². The van der Waals surface area contributed by atoms with Gasteiger partial charge in [0.15, 0.2) is 11.5 Å². The molecule has 1 aromatic carbocycles.